The number of hydrogen-bond donors (Lipinski definition) is 2. The van der Waals surface area contributed by atoms with Gasteiger partial charge in [0.15, 0.2) is 0 Å². The third-order valence-corrected chi connectivity index (χ3v) is 11.4. The molecule has 0 aromatic carbocycles. The number of rotatable bonds is 31. The molecule has 55 heavy (non-hydrogen) atoms. The van der Waals surface area contributed by atoms with E-state index < -0.39 is 0 Å². The zero-order chi connectivity index (χ0) is 39.1. The standard InChI is InChI=1S/C29H57NO3.C17H33NO2.2CH4/c1-5-7-9-11-13-15-17-19-21-26(31)23-30-24-27(33-29(32)28(30)25(3)4)22-20-18-16-14-12-10-8-6-2;1-4-5-6-7-8-9-10-11-12-15-13-18-16(14(2)3)17(19)20-15;;/h25-28,31H,5-24H2,1-4H3;14-16,18H,4-13H2,1-3H3;2*1H4. The molecule has 2 rings (SSSR count). The van der Waals surface area contributed by atoms with Crippen LogP contribution in [0.15, 0.2) is 0 Å². The highest BCUT2D eigenvalue weighted by Crippen LogP contribution is 2.24. The number of aliphatic hydroxyl groups is 1. The van der Waals surface area contributed by atoms with E-state index in [1.807, 2.05) is 0 Å². The molecule has 2 fully saturated rings. The molecule has 330 valence electrons. The second-order valence-corrected chi connectivity index (χ2v) is 17.3. The number of cyclic esters (lactones) is 2. The van der Waals surface area contributed by atoms with Gasteiger partial charge in [-0.15, -0.1) is 0 Å². The van der Waals surface area contributed by atoms with Gasteiger partial charge in [0.2, 0.25) is 0 Å². The van der Waals surface area contributed by atoms with E-state index in [-0.39, 0.29) is 63.1 Å². The highest BCUT2D eigenvalue weighted by molar-refractivity contribution is 5.77. The lowest BCUT2D eigenvalue weighted by Crippen LogP contribution is -2.56. The summed E-state index contributed by atoms with van der Waals surface area (Å²) in [6.45, 7) is 17.2. The minimum absolute atomic E-state index is 0. The molecular weight excluding hydrogens is 685 g/mol. The minimum Gasteiger partial charge on any atom is -0.460 e. The van der Waals surface area contributed by atoms with Crippen molar-refractivity contribution in [2.75, 3.05) is 19.6 Å². The number of carbonyl (C=O) groups excluding carboxylic acids is 2. The van der Waals surface area contributed by atoms with E-state index in [1.54, 1.807) is 0 Å². The Kier molecular flexibility index (Phi) is 37.7. The summed E-state index contributed by atoms with van der Waals surface area (Å²) < 4.78 is 11.3. The molecule has 2 aliphatic heterocycles. The SMILES string of the molecule is C.C.CCCCCCCCCCC(O)CN1CC(CCCCCCCCCC)OC(=O)C1C(C)C.CCCCCCCCCCC1CNC(C(C)C)C(=O)O1. The molecule has 0 radical (unpaired) electrons. The Morgan fingerprint density at radius 3 is 1.40 bits per heavy atom. The largest absolute Gasteiger partial charge is 0.460 e. The third-order valence-electron chi connectivity index (χ3n) is 11.4. The summed E-state index contributed by atoms with van der Waals surface area (Å²) in [7, 11) is 0. The maximum atomic E-state index is 12.7. The topological polar surface area (TPSA) is 88.1 Å². The Morgan fingerprint density at radius 2 is 0.982 bits per heavy atom. The molecule has 5 unspecified atom stereocenters. The normalized spacial score (nSPS) is 20.6. The number of aliphatic hydroxyl groups excluding tert-OH is 1. The molecule has 0 aromatic heterocycles. The molecule has 5 atom stereocenters. The van der Waals surface area contributed by atoms with Gasteiger partial charge in [0, 0.05) is 19.6 Å². The van der Waals surface area contributed by atoms with E-state index in [0.717, 1.165) is 45.2 Å². The van der Waals surface area contributed by atoms with E-state index in [0.29, 0.717) is 12.5 Å². The van der Waals surface area contributed by atoms with Crippen molar-refractivity contribution >= 4 is 11.9 Å². The van der Waals surface area contributed by atoms with Crippen LogP contribution in [0.4, 0.5) is 0 Å². The van der Waals surface area contributed by atoms with Gasteiger partial charge in [0.25, 0.3) is 0 Å². The molecule has 7 heteroatoms. The van der Waals surface area contributed by atoms with E-state index >= 15 is 0 Å². The lowest BCUT2D eigenvalue weighted by molar-refractivity contribution is -0.171. The summed E-state index contributed by atoms with van der Waals surface area (Å²) in [4.78, 5) is 26.8. The van der Waals surface area contributed by atoms with E-state index in [1.165, 1.54) is 141 Å². The van der Waals surface area contributed by atoms with E-state index in [4.69, 9.17) is 9.47 Å². The average molecular weight is 783 g/mol. The molecule has 0 spiro atoms. The number of nitrogens with zero attached hydrogens (tertiary/aromatic N) is 1. The molecule has 0 bridgehead atoms. The number of carbonyl (C=O) groups is 2. The monoisotopic (exact) mass is 783 g/mol. The molecule has 0 aliphatic carbocycles. The summed E-state index contributed by atoms with van der Waals surface area (Å²) in [5, 5.41) is 14.0. The Hall–Kier alpha value is -1.18. The second-order valence-electron chi connectivity index (χ2n) is 17.3. The summed E-state index contributed by atoms with van der Waals surface area (Å²) in [6, 6.07) is -0.321. The predicted molar refractivity (Wildman–Crippen MR) is 238 cm³/mol. The van der Waals surface area contributed by atoms with Gasteiger partial charge in [-0.2, -0.15) is 0 Å². The smallest absolute Gasteiger partial charge is 0.323 e. The molecule has 2 heterocycles. The van der Waals surface area contributed by atoms with Crippen molar-refractivity contribution in [3.8, 4) is 0 Å². The van der Waals surface area contributed by atoms with Gasteiger partial charge in [0.05, 0.1) is 6.10 Å². The van der Waals surface area contributed by atoms with Crippen molar-refractivity contribution < 1.29 is 24.2 Å². The first-order valence-corrected chi connectivity index (χ1v) is 23.2. The van der Waals surface area contributed by atoms with Gasteiger partial charge in [-0.25, -0.2) is 0 Å². The molecule has 0 aromatic rings. The Bertz CT molecular complexity index is 865. The number of esters is 2. The van der Waals surface area contributed by atoms with Crippen LogP contribution in [0.1, 0.15) is 237 Å². The number of nitrogens with one attached hydrogen (secondary N) is 1. The van der Waals surface area contributed by atoms with Crippen LogP contribution >= 0.6 is 0 Å². The van der Waals surface area contributed by atoms with Crippen LogP contribution in [0.2, 0.25) is 0 Å². The van der Waals surface area contributed by atoms with Gasteiger partial charge in [-0.3, -0.25) is 14.5 Å². The van der Waals surface area contributed by atoms with Crippen molar-refractivity contribution in [1.29, 1.82) is 0 Å². The summed E-state index contributed by atoms with van der Waals surface area (Å²) in [5.74, 6) is 0.374. The minimum atomic E-state index is -0.346. The van der Waals surface area contributed by atoms with E-state index in [2.05, 4.69) is 58.7 Å². The van der Waals surface area contributed by atoms with Gasteiger partial charge < -0.3 is 19.9 Å². The number of morpholine rings is 2. The van der Waals surface area contributed by atoms with E-state index in [9.17, 15) is 14.7 Å². The Balaban J connectivity index is 0. The first kappa shape index (κ1) is 55.9. The number of ether oxygens (including phenoxy) is 2. The van der Waals surface area contributed by atoms with Gasteiger partial charge in [-0.1, -0.05) is 205 Å². The van der Waals surface area contributed by atoms with Crippen LogP contribution in [0.3, 0.4) is 0 Å². The quantitative estimate of drug-likeness (QED) is 0.0535. The van der Waals surface area contributed by atoms with Crippen LogP contribution in [-0.2, 0) is 19.1 Å². The van der Waals surface area contributed by atoms with Crippen molar-refractivity contribution in [2.24, 2.45) is 11.8 Å². The first-order chi connectivity index (χ1) is 25.6. The average Bonchev–Trinajstić information content (AvgIpc) is 3.11. The second kappa shape index (κ2) is 37.1. The lowest BCUT2D eigenvalue weighted by atomic mass is 9.97. The summed E-state index contributed by atoms with van der Waals surface area (Å²) >= 11 is 0. The number of β-amino-alcohol motifs (C(OH)–C–C–N with tert-alkyl or cyclic N) is 1. The summed E-state index contributed by atoms with van der Waals surface area (Å²) in [5.41, 5.74) is 0. The van der Waals surface area contributed by atoms with Crippen molar-refractivity contribution in [3.63, 3.8) is 0 Å². The fourth-order valence-electron chi connectivity index (χ4n) is 8.01. The molecule has 2 saturated heterocycles. The molecule has 2 aliphatic rings. The van der Waals surface area contributed by atoms with Crippen molar-refractivity contribution in [1.82, 2.24) is 10.2 Å². The molecule has 0 amide bonds. The Labute approximate surface area is 344 Å². The molecule has 0 saturated carbocycles. The maximum absolute atomic E-state index is 12.7. The highest BCUT2D eigenvalue weighted by atomic mass is 16.6. The maximum Gasteiger partial charge on any atom is 0.323 e. The van der Waals surface area contributed by atoms with Gasteiger partial charge >= 0.3 is 11.9 Å². The Morgan fingerprint density at radius 1 is 0.582 bits per heavy atom. The molecular formula is C48H98N2O5. The van der Waals surface area contributed by atoms with Crippen LogP contribution in [0, 0.1) is 11.8 Å². The van der Waals surface area contributed by atoms with Gasteiger partial charge in [-0.05, 0) is 43.9 Å². The zero-order valence-corrected chi connectivity index (χ0v) is 36.3. The molecule has 7 nitrogen and oxygen atoms in total. The van der Waals surface area contributed by atoms with Crippen molar-refractivity contribution in [2.45, 2.75) is 267 Å². The number of unbranched alkanes of at least 4 members (excludes halogenated alkanes) is 21. The fourth-order valence-corrected chi connectivity index (χ4v) is 8.01. The fraction of sp³-hybridized carbons (Fsp3) is 0.958. The third kappa shape index (κ3) is 28.0. The summed E-state index contributed by atoms with van der Waals surface area (Å²) in [6.07, 6.45) is 33.8. The van der Waals surface area contributed by atoms with Crippen molar-refractivity contribution in [3.05, 3.63) is 0 Å². The van der Waals surface area contributed by atoms with Crippen LogP contribution in [-0.4, -0.2) is 72.0 Å². The zero-order valence-electron chi connectivity index (χ0n) is 36.3. The molecule has 2 N–H and O–H groups in total. The lowest BCUT2D eigenvalue weighted by Gasteiger charge is -2.41. The highest BCUT2D eigenvalue weighted by Gasteiger charge is 2.38. The first-order valence-electron chi connectivity index (χ1n) is 23.2. The van der Waals surface area contributed by atoms with Crippen LogP contribution in [0.25, 0.3) is 0 Å². The number of hydrogen-bond acceptors (Lipinski definition) is 7. The van der Waals surface area contributed by atoms with Crippen LogP contribution in [0.5, 0.6) is 0 Å². The van der Waals surface area contributed by atoms with Gasteiger partial charge in [0.1, 0.15) is 24.3 Å². The van der Waals surface area contributed by atoms with Crippen LogP contribution < -0.4 is 5.32 Å². The predicted octanol–water partition coefficient (Wildman–Crippen LogP) is 13.0.